The van der Waals surface area contributed by atoms with Gasteiger partial charge in [-0.05, 0) is 22.0 Å². The highest BCUT2D eigenvalue weighted by molar-refractivity contribution is 9.10. The summed E-state index contributed by atoms with van der Waals surface area (Å²) in [4.78, 5) is 26.7. The van der Waals surface area contributed by atoms with Gasteiger partial charge in [0.05, 0.1) is 23.2 Å². The second-order valence-electron chi connectivity index (χ2n) is 3.22. The number of aromatic nitrogens is 1. The fraction of sp³-hybridized carbons (Fsp3) is 0.300. The molecule has 18 heavy (non-hydrogen) atoms. The van der Waals surface area contributed by atoms with Gasteiger partial charge in [0.1, 0.15) is 5.69 Å². The first kappa shape index (κ1) is 14.9. The number of aliphatic hydroxyl groups excluding tert-OH is 1. The van der Waals surface area contributed by atoms with Crippen LogP contribution >= 0.6 is 27.5 Å². The third-order valence-corrected chi connectivity index (χ3v) is 3.19. The standard InChI is InChI=1S/C10H10BrClN2O4/c1-18-10(17)8(4-15)14-9(16)7-2-6(12)5(11)3-13-7/h2-3,8,15H,4H2,1H3,(H,14,16)/t8-/m0/s1. The number of nitrogens with zero attached hydrogens (tertiary/aromatic N) is 1. The molecule has 0 fully saturated rings. The number of aliphatic hydroxyl groups is 1. The molecule has 98 valence electrons. The van der Waals surface area contributed by atoms with Crippen molar-refractivity contribution in [2.75, 3.05) is 13.7 Å². The Hall–Kier alpha value is -1.18. The molecule has 1 aromatic rings. The lowest BCUT2D eigenvalue weighted by Gasteiger charge is -2.13. The highest BCUT2D eigenvalue weighted by Crippen LogP contribution is 2.21. The second-order valence-corrected chi connectivity index (χ2v) is 4.48. The van der Waals surface area contributed by atoms with E-state index in [0.717, 1.165) is 7.11 Å². The van der Waals surface area contributed by atoms with Crippen molar-refractivity contribution in [2.45, 2.75) is 6.04 Å². The van der Waals surface area contributed by atoms with Crippen LogP contribution < -0.4 is 5.32 Å². The van der Waals surface area contributed by atoms with E-state index in [9.17, 15) is 9.59 Å². The first-order valence-electron chi connectivity index (χ1n) is 4.80. The van der Waals surface area contributed by atoms with Crippen LogP contribution in [-0.2, 0) is 9.53 Å². The number of nitrogens with one attached hydrogen (secondary N) is 1. The maximum absolute atomic E-state index is 11.7. The van der Waals surface area contributed by atoms with Crippen molar-refractivity contribution in [1.82, 2.24) is 10.3 Å². The molecule has 2 N–H and O–H groups in total. The fourth-order valence-corrected chi connectivity index (χ4v) is 1.46. The highest BCUT2D eigenvalue weighted by Gasteiger charge is 2.22. The van der Waals surface area contributed by atoms with Crippen molar-refractivity contribution in [2.24, 2.45) is 0 Å². The summed E-state index contributed by atoms with van der Waals surface area (Å²) in [5.41, 5.74) is 0.0329. The summed E-state index contributed by atoms with van der Waals surface area (Å²) in [5.74, 6) is -1.37. The number of carbonyl (C=O) groups is 2. The minimum absolute atomic E-state index is 0.0329. The van der Waals surface area contributed by atoms with E-state index in [1.54, 1.807) is 0 Å². The minimum Gasteiger partial charge on any atom is -0.467 e. The molecule has 0 aromatic carbocycles. The first-order chi connectivity index (χ1) is 8.49. The zero-order valence-electron chi connectivity index (χ0n) is 9.31. The van der Waals surface area contributed by atoms with Gasteiger partial charge in [0.15, 0.2) is 6.04 Å². The van der Waals surface area contributed by atoms with Gasteiger partial charge < -0.3 is 15.2 Å². The Bertz CT molecular complexity index is 469. The number of pyridine rings is 1. The van der Waals surface area contributed by atoms with Crippen molar-refractivity contribution in [3.8, 4) is 0 Å². The maximum atomic E-state index is 11.7. The SMILES string of the molecule is COC(=O)[C@H](CO)NC(=O)c1cc(Cl)c(Br)cn1. The predicted octanol–water partition coefficient (Wildman–Crippen LogP) is 0.761. The van der Waals surface area contributed by atoms with Gasteiger partial charge in [0.2, 0.25) is 0 Å². The van der Waals surface area contributed by atoms with E-state index in [2.05, 4.69) is 31.0 Å². The molecule has 8 heteroatoms. The van der Waals surface area contributed by atoms with E-state index in [1.165, 1.54) is 12.3 Å². The molecular formula is C10H10BrClN2O4. The molecule has 0 unspecified atom stereocenters. The summed E-state index contributed by atoms with van der Waals surface area (Å²) >= 11 is 8.95. The van der Waals surface area contributed by atoms with Crippen LogP contribution in [0.25, 0.3) is 0 Å². The van der Waals surface area contributed by atoms with Gasteiger partial charge in [-0.15, -0.1) is 0 Å². The fourth-order valence-electron chi connectivity index (χ4n) is 1.09. The van der Waals surface area contributed by atoms with Crippen LogP contribution in [0, 0.1) is 0 Å². The third-order valence-electron chi connectivity index (χ3n) is 2.01. The monoisotopic (exact) mass is 336 g/mol. The minimum atomic E-state index is -1.13. The second kappa shape index (κ2) is 6.67. The average molecular weight is 338 g/mol. The summed E-state index contributed by atoms with van der Waals surface area (Å²) in [6.07, 6.45) is 1.36. The first-order valence-corrected chi connectivity index (χ1v) is 5.97. The van der Waals surface area contributed by atoms with Crippen molar-refractivity contribution < 1.29 is 19.4 Å². The van der Waals surface area contributed by atoms with E-state index < -0.39 is 24.5 Å². The molecule has 1 atom stereocenters. The van der Waals surface area contributed by atoms with Crippen molar-refractivity contribution in [3.63, 3.8) is 0 Å². The number of hydrogen-bond donors (Lipinski definition) is 2. The summed E-state index contributed by atoms with van der Waals surface area (Å²) in [7, 11) is 1.16. The average Bonchev–Trinajstić information content (AvgIpc) is 2.37. The zero-order valence-corrected chi connectivity index (χ0v) is 11.7. The maximum Gasteiger partial charge on any atom is 0.330 e. The summed E-state index contributed by atoms with van der Waals surface area (Å²) in [5, 5.41) is 11.5. The number of methoxy groups -OCH3 is 1. The Balaban J connectivity index is 2.81. The van der Waals surface area contributed by atoms with Crippen LogP contribution in [0.15, 0.2) is 16.7 Å². The van der Waals surface area contributed by atoms with E-state index >= 15 is 0 Å². The van der Waals surface area contributed by atoms with Crippen LogP contribution in [-0.4, -0.2) is 41.7 Å². The van der Waals surface area contributed by atoms with E-state index in [4.69, 9.17) is 16.7 Å². The van der Waals surface area contributed by atoms with Gasteiger partial charge in [-0.3, -0.25) is 4.79 Å². The highest BCUT2D eigenvalue weighted by atomic mass is 79.9. The molecule has 0 saturated heterocycles. The summed E-state index contributed by atoms with van der Waals surface area (Å²) < 4.78 is 4.96. The van der Waals surface area contributed by atoms with Gasteiger partial charge >= 0.3 is 5.97 Å². The lowest BCUT2D eigenvalue weighted by atomic mass is 10.2. The Morgan fingerprint density at radius 2 is 2.33 bits per heavy atom. The van der Waals surface area contributed by atoms with Gasteiger partial charge in [-0.25, -0.2) is 9.78 Å². The van der Waals surface area contributed by atoms with Gasteiger partial charge in [-0.1, -0.05) is 11.6 Å². The number of esters is 1. The van der Waals surface area contributed by atoms with E-state index in [-0.39, 0.29) is 5.69 Å². The lowest BCUT2D eigenvalue weighted by molar-refractivity contribution is -0.143. The number of halogens is 2. The summed E-state index contributed by atoms with van der Waals surface area (Å²) in [6, 6.07) is 0.207. The molecule has 6 nitrogen and oxygen atoms in total. The van der Waals surface area contributed by atoms with Crippen LogP contribution in [0.5, 0.6) is 0 Å². The van der Waals surface area contributed by atoms with Gasteiger partial charge in [0, 0.05) is 6.20 Å². The summed E-state index contributed by atoms with van der Waals surface area (Å²) in [6.45, 7) is -0.567. The Morgan fingerprint density at radius 3 is 2.83 bits per heavy atom. The Morgan fingerprint density at radius 1 is 1.67 bits per heavy atom. The lowest BCUT2D eigenvalue weighted by Crippen LogP contribution is -2.44. The van der Waals surface area contributed by atoms with Crippen LogP contribution in [0.4, 0.5) is 0 Å². The zero-order chi connectivity index (χ0) is 13.7. The molecule has 0 bridgehead atoms. The molecule has 0 spiro atoms. The topological polar surface area (TPSA) is 88.5 Å². The molecule has 1 rings (SSSR count). The number of amides is 1. The molecule has 0 aliphatic rings. The van der Waals surface area contributed by atoms with Crippen LogP contribution in [0.3, 0.4) is 0 Å². The van der Waals surface area contributed by atoms with Crippen molar-refractivity contribution >= 4 is 39.4 Å². The molecule has 0 aliphatic heterocycles. The largest absolute Gasteiger partial charge is 0.467 e. The molecule has 0 saturated carbocycles. The number of carbonyl (C=O) groups excluding carboxylic acids is 2. The Labute approximate surface area is 116 Å². The third kappa shape index (κ3) is 3.66. The van der Waals surface area contributed by atoms with Crippen LogP contribution in [0.1, 0.15) is 10.5 Å². The number of hydrogen-bond acceptors (Lipinski definition) is 5. The molecule has 0 radical (unpaired) electrons. The smallest absolute Gasteiger partial charge is 0.330 e. The normalized spacial score (nSPS) is 11.8. The number of rotatable bonds is 4. The van der Waals surface area contributed by atoms with Crippen LogP contribution in [0.2, 0.25) is 5.02 Å². The molecule has 1 aromatic heterocycles. The number of ether oxygens (including phenoxy) is 1. The molecule has 0 aliphatic carbocycles. The molecule has 1 amide bonds. The molecular weight excluding hydrogens is 327 g/mol. The quantitative estimate of drug-likeness (QED) is 0.792. The molecule has 1 heterocycles. The van der Waals surface area contributed by atoms with Gasteiger partial charge in [0.25, 0.3) is 5.91 Å². The van der Waals surface area contributed by atoms with E-state index in [1.807, 2.05) is 0 Å². The van der Waals surface area contributed by atoms with Crippen molar-refractivity contribution in [1.29, 1.82) is 0 Å². The Kier molecular flexibility index (Phi) is 5.52. The predicted molar refractivity (Wildman–Crippen MR) is 67.3 cm³/mol. The van der Waals surface area contributed by atoms with Crippen molar-refractivity contribution in [3.05, 3.63) is 27.5 Å². The van der Waals surface area contributed by atoms with Gasteiger partial charge in [-0.2, -0.15) is 0 Å². The van der Waals surface area contributed by atoms with E-state index in [0.29, 0.717) is 9.50 Å².